The van der Waals surface area contributed by atoms with Crippen molar-refractivity contribution in [2.45, 2.75) is 44.7 Å². The molecule has 1 saturated carbocycles. The summed E-state index contributed by atoms with van der Waals surface area (Å²) in [4.78, 5) is 23.4. The van der Waals surface area contributed by atoms with Crippen LogP contribution in [0.15, 0.2) is 35.5 Å². The minimum Gasteiger partial charge on any atom is -0.340 e. The molecular weight excluding hydrogens is 356 g/mol. The van der Waals surface area contributed by atoms with E-state index in [0.717, 1.165) is 23.0 Å². The topological polar surface area (TPSA) is 51.0 Å². The number of imidazole rings is 1. The zero-order valence-electron chi connectivity index (χ0n) is 13.3. The van der Waals surface area contributed by atoms with Crippen molar-refractivity contribution in [3.05, 3.63) is 46.7 Å². The first-order chi connectivity index (χ1) is 11.1. The fraction of sp³-hybridized carbons (Fsp3) is 0.471. The summed E-state index contributed by atoms with van der Waals surface area (Å²) in [5, 5.41) is 0. The van der Waals surface area contributed by atoms with Gasteiger partial charge in [-0.3, -0.25) is 4.79 Å². The lowest BCUT2D eigenvalue weighted by Crippen LogP contribution is -2.41. The first kappa shape index (κ1) is 16.2. The van der Waals surface area contributed by atoms with E-state index in [1.54, 1.807) is 18.7 Å². The van der Waals surface area contributed by atoms with Gasteiger partial charge < -0.3 is 9.47 Å². The Bertz CT molecular complexity index is 679. The van der Waals surface area contributed by atoms with Crippen LogP contribution in [0.25, 0.3) is 0 Å². The molecule has 0 bridgehead atoms. The molecule has 122 valence electrons. The van der Waals surface area contributed by atoms with Gasteiger partial charge in [-0.2, -0.15) is 0 Å². The van der Waals surface area contributed by atoms with E-state index in [1.807, 2.05) is 28.6 Å². The van der Waals surface area contributed by atoms with Gasteiger partial charge in [0.1, 0.15) is 10.3 Å². The lowest BCUT2D eigenvalue weighted by atomic mass is 9.93. The van der Waals surface area contributed by atoms with Gasteiger partial charge in [0.25, 0.3) is 5.91 Å². The van der Waals surface area contributed by atoms with Crippen molar-refractivity contribution in [1.82, 2.24) is 19.4 Å². The highest BCUT2D eigenvalue weighted by atomic mass is 79.9. The molecule has 2 aromatic heterocycles. The van der Waals surface area contributed by atoms with Gasteiger partial charge in [0, 0.05) is 32.0 Å². The predicted molar refractivity (Wildman–Crippen MR) is 91.9 cm³/mol. The zero-order valence-corrected chi connectivity index (χ0v) is 14.9. The van der Waals surface area contributed by atoms with Crippen LogP contribution in [-0.4, -0.2) is 31.4 Å². The van der Waals surface area contributed by atoms with Crippen molar-refractivity contribution in [3.8, 4) is 0 Å². The summed E-state index contributed by atoms with van der Waals surface area (Å²) in [6.07, 6.45) is 11.0. The molecule has 0 aromatic carbocycles. The van der Waals surface area contributed by atoms with E-state index in [2.05, 4.69) is 25.9 Å². The molecule has 0 atom stereocenters. The van der Waals surface area contributed by atoms with Crippen molar-refractivity contribution in [1.29, 1.82) is 0 Å². The van der Waals surface area contributed by atoms with E-state index in [4.69, 9.17) is 0 Å². The zero-order chi connectivity index (χ0) is 16.2. The Hall–Kier alpha value is -1.69. The Morgan fingerprint density at radius 3 is 2.78 bits per heavy atom. The molecule has 0 N–H and O–H groups in total. The van der Waals surface area contributed by atoms with Crippen LogP contribution in [0.1, 0.15) is 48.2 Å². The maximum atomic E-state index is 13.0. The van der Waals surface area contributed by atoms with Crippen LogP contribution < -0.4 is 0 Å². The second kappa shape index (κ2) is 7.25. The standard InChI is InChI=1S/C17H21BrN4O/c1-21-11-15(20-12-21)17(23)22(14-5-3-2-4-6-14)10-13-7-8-19-16(18)9-13/h7-9,11-12,14H,2-6,10H2,1H3. The van der Waals surface area contributed by atoms with E-state index in [9.17, 15) is 4.79 Å². The summed E-state index contributed by atoms with van der Waals surface area (Å²) < 4.78 is 2.61. The summed E-state index contributed by atoms with van der Waals surface area (Å²) in [7, 11) is 1.88. The normalized spacial score (nSPS) is 15.6. The van der Waals surface area contributed by atoms with Crippen molar-refractivity contribution in [2.24, 2.45) is 7.05 Å². The third-order valence-electron chi connectivity index (χ3n) is 4.34. The molecule has 0 unspecified atom stereocenters. The summed E-state index contributed by atoms with van der Waals surface area (Å²) in [5.74, 6) is 0.0189. The molecule has 1 aliphatic carbocycles. The molecule has 6 heteroatoms. The van der Waals surface area contributed by atoms with Crippen LogP contribution in [0.4, 0.5) is 0 Å². The van der Waals surface area contributed by atoms with Crippen LogP contribution in [0.3, 0.4) is 0 Å². The van der Waals surface area contributed by atoms with Gasteiger partial charge in [0.2, 0.25) is 0 Å². The van der Waals surface area contributed by atoms with Crippen LogP contribution in [0.2, 0.25) is 0 Å². The molecule has 3 rings (SSSR count). The molecule has 2 aromatic rings. The number of hydrogen-bond acceptors (Lipinski definition) is 3. The van der Waals surface area contributed by atoms with Crippen molar-refractivity contribution in [2.75, 3.05) is 0 Å². The van der Waals surface area contributed by atoms with Gasteiger partial charge in [-0.1, -0.05) is 19.3 Å². The van der Waals surface area contributed by atoms with Gasteiger partial charge in [-0.25, -0.2) is 9.97 Å². The second-order valence-corrected chi connectivity index (χ2v) is 6.95. The van der Waals surface area contributed by atoms with Crippen molar-refractivity contribution in [3.63, 3.8) is 0 Å². The molecule has 23 heavy (non-hydrogen) atoms. The third-order valence-corrected chi connectivity index (χ3v) is 4.78. The van der Waals surface area contributed by atoms with Gasteiger partial charge in [0.05, 0.1) is 6.33 Å². The van der Waals surface area contributed by atoms with E-state index in [1.165, 1.54) is 19.3 Å². The molecule has 1 amide bonds. The fourth-order valence-electron chi connectivity index (χ4n) is 3.17. The molecule has 0 spiro atoms. The summed E-state index contributed by atoms with van der Waals surface area (Å²) >= 11 is 3.40. The van der Waals surface area contributed by atoms with Crippen molar-refractivity contribution < 1.29 is 4.79 Å². The van der Waals surface area contributed by atoms with Crippen LogP contribution in [0.5, 0.6) is 0 Å². The Balaban J connectivity index is 1.85. The van der Waals surface area contributed by atoms with Gasteiger partial charge in [0.15, 0.2) is 0 Å². The number of carbonyl (C=O) groups is 1. The second-order valence-electron chi connectivity index (χ2n) is 6.14. The minimum absolute atomic E-state index is 0.0189. The molecule has 0 aliphatic heterocycles. The largest absolute Gasteiger partial charge is 0.340 e. The van der Waals surface area contributed by atoms with Gasteiger partial charge >= 0.3 is 0 Å². The van der Waals surface area contributed by atoms with Gasteiger partial charge in [-0.05, 0) is 46.5 Å². The highest BCUT2D eigenvalue weighted by molar-refractivity contribution is 9.10. The summed E-state index contributed by atoms with van der Waals surface area (Å²) in [6.45, 7) is 0.598. The summed E-state index contributed by atoms with van der Waals surface area (Å²) in [5.41, 5.74) is 1.60. The Morgan fingerprint density at radius 1 is 1.35 bits per heavy atom. The number of hydrogen-bond donors (Lipinski definition) is 0. The predicted octanol–water partition coefficient (Wildman–Crippen LogP) is 3.55. The number of rotatable bonds is 4. The number of aromatic nitrogens is 3. The van der Waals surface area contributed by atoms with Crippen LogP contribution in [0, 0.1) is 0 Å². The molecule has 1 aliphatic rings. The average Bonchev–Trinajstić information content (AvgIpc) is 2.99. The quantitative estimate of drug-likeness (QED) is 0.766. The van der Waals surface area contributed by atoms with E-state index >= 15 is 0 Å². The lowest BCUT2D eigenvalue weighted by Gasteiger charge is -2.34. The van der Waals surface area contributed by atoms with Crippen LogP contribution >= 0.6 is 15.9 Å². The highest BCUT2D eigenvalue weighted by Crippen LogP contribution is 2.25. The lowest BCUT2D eigenvalue weighted by molar-refractivity contribution is 0.0608. The Morgan fingerprint density at radius 2 is 2.13 bits per heavy atom. The monoisotopic (exact) mass is 376 g/mol. The molecule has 0 saturated heterocycles. The number of nitrogens with zero attached hydrogens (tertiary/aromatic N) is 4. The molecular formula is C17H21BrN4O. The fourth-order valence-corrected chi connectivity index (χ4v) is 3.58. The molecule has 1 fully saturated rings. The first-order valence-electron chi connectivity index (χ1n) is 8.03. The first-order valence-corrected chi connectivity index (χ1v) is 8.82. The molecule has 0 radical (unpaired) electrons. The third kappa shape index (κ3) is 3.99. The maximum Gasteiger partial charge on any atom is 0.274 e. The minimum atomic E-state index is 0.0189. The smallest absolute Gasteiger partial charge is 0.274 e. The average molecular weight is 377 g/mol. The maximum absolute atomic E-state index is 13.0. The molecule has 2 heterocycles. The van der Waals surface area contributed by atoms with E-state index < -0.39 is 0 Å². The number of aryl methyl sites for hydroxylation is 1. The van der Waals surface area contributed by atoms with E-state index in [-0.39, 0.29) is 5.91 Å². The van der Waals surface area contributed by atoms with E-state index in [0.29, 0.717) is 18.3 Å². The van der Waals surface area contributed by atoms with Crippen molar-refractivity contribution >= 4 is 21.8 Å². The number of amides is 1. The Kier molecular flexibility index (Phi) is 5.10. The number of carbonyl (C=O) groups excluding carboxylic acids is 1. The number of pyridine rings is 1. The summed E-state index contributed by atoms with van der Waals surface area (Å²) in [6, 6.07) is 4.23. The SMILES string of the molecule is Cn1cnc(C(=O)N(Cc2ccnc(Br)c2)C2CCCCC2)c1. The highest BCUT2D eigenvalue weighted by Gasteiger charge is 2.27. The molecule has 5 nitrogen and oxygen atoms in total. The van der Waals surface area contributed by atoms with Crippen LogP contribution in [-0.2, 0) is 13.6 Å². The Labute approximate surface area is 144 Å². The van der Waals surface area contributed by atoms with Gasteiger partial charge in [-0.15, -0.1) is 0 Å². The number of halogens is 1.